The Morgan fingerprint density at radius 3 is 2.62 bits per heavy atom. The summed E-state index contributed by atoms with van der Waals surface area (Å²) in [5, 5.41) is 0. The normalized spacial score (nSPS) is 11.6. The number of pyridine rings is 1. The van der Waals surface area contributed by atoms with E-state index in [1.165, 1.54) is 0 Å². The number of aryl methyl sites for hydroxylation is 1. The monoisotopic (exact) mass is 242 g/mol. The molecule has 0 aliphatic heterocycles. The second-order valence-corrected chi connectivity index (χ2v) is 6.20. The average Bonchev–Trinajstić information content (AvgIpc) is 2.16. The summed E-state index contributed by atoms with van der Waals surface area (Å²) in [4.78, 5) is 3.97. The van der Waals surface area contributed by atoms with Gasteiger partial charge >= 0.3 is 0 Å². The fraction of sp³-hybridized carbons (Fsp3) is 0.545. The summed E-state index contributed by atoms with van der Waals surface area (Å²) >= 11 is 0. The van der Waals surface area contributed by atoms with Gasteiger partial charge in [-0.1, -0.05) is 6.92 Å². The molecule has 0 spiro atoms. The minimum absolute atomic E-state index is 0.150. The van der Waals surface area contributed by atoms with Crippen LogP contribution in [0.15, 0.2) is 12.3 Å². The van der Waals surface area contributed by atoms with Crippen molar-refractivity contribution >= 4 is 15.7 Å². The average molecular weight is 242 g/mol. The lowest BCUT2D eigenvalue weighted by molar-refractivity contribution is 0.594. The highest BCUT2D eigenvalue weighted by Gasteiger charge is 2.12. The molecule has 0 unspecified atom stereocenters. The molecule has 1 heterocycles. The van der Waals surface area contributed by atoms with Crippen molar-refractivity contribution in [3.63, 3.8) is 0 Å². The number of hydrogen-bond acceptors (Lipinski definition) is 4. The summed E-state index contributed by atoms with van der Waals surface area (Å²) in [5.74, 6) is 0.829. The van der Waals surface area contributed by atoms with Gasteiger partial charge in [0.15, 0.2) is 9.84 Å². The SMILES string of the molecule is CCCS(=O)(=O)CCc1c(C)ccnc1N. The third kappa shape index (κ3) is 3.48. The number of nitrogens with two attached hydrogens (primary N) is 1. The van der Waals surface area contributed by atoms with E-state index in [9.17, 15) is 8.42 Å². The smallest absolute Gasteiger partial charge is 0.150 e. The molecular weight excluding hydrogens is 224 g/mol. The van der Waals surface area contributed by atoms with Crippen LogP contribution in [-0.4, -0.2) is 24.9 Å². The van der Waals surface area contributed by atoms with Crippen LogP contribution in [0.2, 0.25) is 0 Å². The van der Waals surface area contributed by atoms with Crippen molar-refractivity contribution in [2.24, 2.45) is 0 Å². The molecule has 1 aromatic rings. The van der Waals surface area contributed by atoms with Gasteiger partial charge in [-0.3, -0.25) is 0 Å². The second-order valence-electron chi connectivity index (χ2n) is 3.89. The molecule has 1 aromatic heterocycles. The Morgan fingerprint density at radius 2 is 2.06 bits per heavy atom. The molecule has 2 N–H and O–H groups in total. The number of nitrogen functional groups attached to an aromatic ring is 1. The Morgan fingerprint density at radius 1 is 1.38 bits per heavy atom. The third-order valence-electron chi connectivity index (χ3n) is 2.50. The van der Waals surface area contributed by atoms with Crippen LogP contribution >= 0.6 is 0 Å². The summed E-state index contributed by atoms with van der Waals surface area (Å²) in [6.45, 7) is 3.78. The Kier molecular flexibility index (Phi) is 4.29. The van der Waals surface area contributed by atoms with Crippen molar-refractivity contribution in [1.82, 2.24) is 4.98 Å². The molecule has 0 radical (unpaired) electrons. The van der Waals surface area contributed by atoms with Crippen LogP contribution in [0, 0.1) is 6.92 Å². The number of sulfone groups is 1. The van der Waals surface area contributed by atoms with E-state index in [0.29, 0.717) is 18.7 Å². The lowest BCUT2D eigenvalue weighted by Crippen LogP contribution is -2.14. The van der Waals surface area contributed by atoms with E-state index in [4.69, 9.17) is 5.73 Å². The van der Waals surface area contributed by atoms with Gasteiger partial charge < -0.3 is 5.73 Å². The maximum Gasteiger partial charge on any atom is 0.150 e. The Bertz CT molecular complexity index is 435. The Balaban J connectivity index is 2.76. The third-order valence-corrected chi connectivity index (χ3v) is 4.36. The summed E-state index contributed by atoms with van der Waals surface area (Å²) in [7, 11) is -2.95. The van der Waals surface area contributed by atoms with Gasteiger partial charge in [-0.15, -0.1) is 0 Å². The van der Waals surface area contributed by atoms with E-state index in [1.54, 1.807) is 6.20 Å². The van der Waals surface area contributed by atoms with E-state index in [1.807, 2.05) is 19.9 Å². The second kappa shape index (κ2) is 5.30. The molecule has 0 fully saturated rings. The van der Waals surface area contributed by atoms with Crippen LogP contribution in [0.25, 0.3) is 0 Å². The standard InChI is InChI=1S/C11H18N2O2S/c1-3-7-16(14,15)8-5-10-9(2)4-6-13-11(10)12/h4,6H,3,5,7-8H2,1-2H3,(H2,12,13). The highest BCUT2D eigenvalue weighted by molar-refractivity contribution is 7.91. The van der Waals surface area contributed by atoms with Gasteiger partial charge in [0, 0.05) is 11.9 Å². The van der Waals surface area contributed by atoms with Crippen molar-refractivity contribution in [2.45, 2.75) is 26.7 Å². The minimum atomic E-state index is -2.95. The molecule has 0 amide bonds. The quantitative estimate of drug-likeness (QED) is 0.845. The van der Waals surface area contributed by atoms with Gasteiger partial charge in [0.1, 0.15) is 5.82 Å². The molecule has 0 aromatic carbocycles. The van der Waals surface area contributed by atoms with Gasteiger partial charge in [0.2, 0.25) is 0 Å². The first-order chi connectivity index (χ1) is 7.46. The van der Waals surface area contributed by atoms with Crippen LogP contribution < -0.4 is 5.73 Å². The summed E-state index contributed by atoms with van der Waals surface area (Å²) in [6, 6.07) is 1.85. The van der Waals surface area contributed by atoms with Gasteiger partial charge in [-0.05, 0) is 37.0 Å². The first-order valence-corrected chi connectivity index (χ1v) is 7.19. The van der Waals surface area contributed by atoms with Gasteiger partial charge in [0.05, 0.1) is 5.75 Å². The highest BCUT2D eigenvalue weighted by Crippen LogP contribution is 2.15. The number of anilines is 1. The molecule has 0 atom stereocenters. The van der Waals surface area contributed by atoms with Crippen LogP contribution in [0.3, 0.4) is 0 Å². The number of aromatic nitrogens is 1. The van der Waals surface area contributed by atoms with Crippen LogP contribution in [-0.2, 0) is 16.3 Å². The molecule has 0 aliphatic carbocycles. The Hall–Kier alpha value is -1.10. The predicted molar refractivity (Wildman–Crippen MR) is 66.0 cm³/mol. The van der Waals surface area contributed by atoms with E-state index < -0.39 is 9.84 Å². The summed E-state index contributed by atoms with van der Waals surface area (Å²) in [6.07, 6.45) is 2.74. The molecule has 0 saturated carbocycles. The fourth-order valence-corrected chi connectivity index (χ4v) is 2.95. The summed E-state index contributed by atoms with van der Waals surface area (Å²) < 4.78 is 23.1. The van der Waals surface area contributed by atoms with E-state index >= 15 is 0 Å². The molecule has 0 bridgehead atoms. The van der Waals surface area contributed by atoms with Crippen molar-refractivity contribution < 1.29 is 8.42 Å². The zero-order chi connectivity index (χ0) is 12.2. The molecule has 4 nitrogen and oxygen atoms in total. The molecular formula is C11H18N2O2S. The molecule has 90 valence electrons. The first kappa shape index (κ1) is 13.0. The van der Waals surface area contributed by atoms with E-state index in [-0.39, 0.29) is 11.5 Å². The van der Waals surface area contributed by atoms with Crippen molar-refractivity contribution in [2.75, 3.05) is 17.2 Å². The van der Waals surface area contributed by atoms with E-state index in [0.717, 1.165) is 11.1 Å². The maximum absolute atomic E-state index is 11.6. The van der Waals surface area contributed by atoms with Crippen LogP contribution in [0.5, 0.6) is 0 Å². The number of rotatable bonds is 5. The van der Waals surface area contributed by atoms with Gasteiger partial charge in [0.25, 0.3) is 0 Å². The van der Waals surface area contributed by atoms with Crippen molar-refractivity contribution in [3.8, 4) is 0 Å². The molecule has 1 rings (SSSR count). The highest BCUT2D eigenvalue weighted by atomic mass is 32.2. The van der Waals surface area contributed by atoms with E-state index in [2.05, 4.69) is 4.98 Å². The fourth-order valence-electron chi connectivity index (χ4n) is 1.61. The molecule has 0 saturated heterocycles. The lowest BCUT2D eigenvalue weighted by Gasteiger charge is -2.08. The predicted octanol–water partition coefficient (Wildman–Crippen LogP) is 1.34. The molecule has 5 heteroatoms. The topological polar surface area (TPSA) is 73.0 Å². The van der Waals surface area contributed by atoms with Crippen LogP contribution in [0.4, 0.5) is 5.82 Å². The Labute approximate surface area is 96.8 Å². The van der Waals surface area contributed by atoms with Crippen molar-refractivity contribution in [3.05, 3.63) is 23.4 Å². The maximum atomic E-state index is 11.6. The zero-order valence-electron chi connectivity index (χ0n) is 9.73. The van der Waals surface area contributed by atoms with Crippen LogP contribution in [0.1, 0.15) is 24.5 Å². The molecule has 16 heavy (non-hydrogen) atoms. The zero-order valence-corrected chi connectivity index (χ0v) is 10.5. The van der Waals surface area contributed by atoms with Gasteiger partial charge in [-0.2, -0.15) is 0 Å². The van der Waals surface area contributed by atoms with Gasteiger partial charge in [-0.25, -0.2) is 13.4 Å². The number of hydrogen-bond donors (Lipinski definition) is 1. The summed E-state index contributed by atoms with van der Waals surface area (Å²) in [5.41, 5.74) is 7.57. The first-order valence-electron chi connectivity index (χ1n) is 5.36. The number of nitrogens with zero attached hydrogens (tertiary/aromatic N) is 1. The molecule has 0 aliphatic rings. The van der Waals surface area contributed by atoms with Crippen molar-refractivity contribution in [1.29, 1.82) is 0 Å². The largest absolute Gasteiger partial charge is 0.383 e. The lowest BCUT2D eigenvalue weighted by atomic mass is 10.1. The minimum Gasteiger partial charge on any atom is -0.383 e.